The molecule has 4 nitrogen and oxygen atoms in total. The van der Waals surface area contributed by atoms with Crippen molar-refractivity contribution in [3.63, 3.8) is 0 Å². The SMILES string of the molecule is CC(C)C(=NC(F)(F)F)C(N=C=O)=C(N)C(C)C. The van der Waals surface area contributed by atoms with Gasteiger partial charge in [0.15, 0.2) is 0 Å². The predicted octanol–water partition coefficient (Wildman–Crippen LogP) is 2.77. The number of nitrogens with zero attached hydrogens (tertiary/aromatic N) is 2. The van der Waals surface area contributed by atoms with E-state index >= 15 is 0 Å². The lowest BCUT2D eigenvalue weighted by atomic mass is 10.00. The molecule has 0 unspecified atom stereocenters. The highest BCUT2D eigenvalue weighted by molar-refractivity contribution is 6.02. The molecule has 0 aliphatic carbocycles. The number of alkyl halides is 3. The first-order chi connectivity index (χ1) is 8.10. The fraction of sp³-hybridized carbons (Fsp3) is 0.636. The average molecular weight is 263 g/mol. The number of allylic oxidation sites excluding steroid dienone is 2. The Balaban J connectivity index is 5.93. The van der Waals surface area contributed by atoms with Gasteiger partial charge in [0.1, 0.15) is 5.70 Å². The van der Waals surface area contributed by atoms with Crippen molar-refractivity contribution in [2.75, 3.05) is 0 Å². The van der Waals surface area contributed by atoms with Gasteiger partial charge in [0.2, 0.25) is 6.08 Å². The molecule has 0 rings (SSSR count). The second-order valence-electron chi connectivity index (χ2n) is 4.28. The Kier molecular flexibility index (Phi) is 5.78. The van der Waals surface area contributed by atoms with E-state index in [2.05, 4.69) is 9.98 Å². The highest BCUT2D eigenvalue weighted by atomic mass is 19.4. The number of aliphatic imine (C=N–C) groups is 2. The van der Waals surface area contributed by atoms with Crippen LogP contribution in [0.1, 0.15) is 27.7 Å². The highest BCUT2D eigenvalue weighted by Gasteiger charge is 2.30. The van der Waals surface area contributed by atoms with Crippen LogP contribution in [0.4, 0.5) is 13.2 Å². The number of isocyanates is 1. The van der Waals surface area contributed by atoms with Crippen molar-refractivity contribution in [3.8, 4) is 0 Å². The first-order valence-corrected chi connectivity index (χ1v) is 5.34. The van der Waals surface area contributed by atoms with E-state index in [0.29, 0.717) is 0 Å². The summed E-state index contributed by atoms with van der Waals surface area (Å²) < 4.78 is 37.0. The van der Waals surface area contributed by atoms with Crippen molar-refractivity contribution < 1.29 is 18.0 Å². The Bertz CT molecular complexity index is 402. The van der Waals surface area contributed by atoms with Crippen LogP contribution in [0.5, 0.6) is 0 Å². The molecule has 2 N–H and O–H groups in total. The van der Waals surface area contributed by atoms with Gasteiger partial charge in [-0.15, -0.1) is 13.2 Å². The standard InChI is InChI=1S/C11H16F3N3O/c1-6(2)8(15)10(16-5-18)9(7(3)4)17-11(12,13)14/h6-7H,15H2,1-4H3. The molecule has 0 bridgehead atoms. The molecule has 0 saturated heterocycles. The van der Waals surface area contributed by atoms with Crippen LogP contribution in [-0.4, -0.2) is 18.1 Å². The second-order valence-corrected chi connectivity index (χ2v) is 4.28. The van der Waals surface area contributed by atoms with Crippen LogP contribution >= 0.6 is 0 Å². The summed E-state index contributed by atoms with van der Waals surface area (Å²) in [5.74, 6) is -0.828. The van der Waals surface area contributed by atoms with Gasteiger partial charge in [-0.05, 0) is 11.8 Å². The fourth-order valence-electron chi connectivity index (χ4n) is 1.18. The van der Waals surface area contributed by atoms with E-state index in [-0.39, 0.29) is 23.0 Å². The minimum atomic E-state index is -4.74. The Morgan fingerprint density at radius 2 is 1.67 bits per heavy atom. The molecule has 102 valence electrons. The van der Waals surface area contributed by atoms with Crippen molar-refractivity contribution in [2.24, 2.45) is 27.6 Å². The molecule has 0 spiro atoms. The number of carbonyl (C=O) groups excluding carboxylic acids is 1. The highest BCUT2D eigenvalue weighted by Crippen LogP contribution is 2.23. The maximum Gasteiger partial charge on any atom is 0.503 e. The molecular formula is C11H16F3N3O. The number of hydrogen-bond donors (Lipinski definition) is 1. The van der Waals surface area contributed by atoms with Crippen molar-refractivity contribution >= 4 is 11.8 Å². The van der Waals surface area contributed by atoms with Gasteiger partial charge in [0.25, 0.3) is 0 Å². The molecule has 0 fully saturated rings. The summed E-state index contributed by atoms with van der Waals surface area (Å²) in [6.07, 6.45) is -3.52. The molecule has 0 aromatic rings. The molecule has 18 heavy (non-hydrogen) atoms. The summed E-state index contributed by atoms with van der Waals surface area (Å²) in [4.78, 5) is 16.2. The van der Waals surface area contributed by atoms with Crippen molar-refractivity contribution in [3.05, 3.63) is 11.4 Å². The zero-order valence-corrected chi connectivity index (χ0v) is 10.7. The first kappa shape index (κ1) is 16.4. The number of nitrogens with two attached hydrogens (primary N) is 1. The molecule has 0 aliphatic rings. The first-order valence-electron chi connectivity index (χ1n) is 5.34. The molecule has 0 radical (unpaired) electrons. The number of hydrogen-bond acceptors (Lipinski definition) is 4. The maximum absolute atomic E-state index is 12.3. The Labute approximate surface area is 103 Å². The van der Waals surface area contributed by atoms with Gasteiger partial charge in [0.05, 0.1) is 5.71 Å². The zero-order chi connectivity index (χ0) is 14.5. The third-order valence-corrected chi connectivity index (χ3v) is 2.09. The van der Waals surface area contributed by atoms with Crippen LogP contribution in [0, 0.1) is 11.8 Å². The summed E-state index contributed by atoms with van der Waals surface area (Å²) in [6.45, 7) is 6.39. The van der Waals surface area contributed by atoms with Crippen molar-refractivity contribution in [1.82, 2.24) is 0 Å². The van der Waals surface area contributed by atoms with Gasteiger partial charge in [-0.3, -0.25) is 0 Å². The normalized spacial score (nSPS) is 14.6. The second kappa shape index (κ2) is 6.35. The monoisotopic (exact) mass is 263 g/mol. The molecule has 7 heteroatoms. The minimum absolute atomic E-state index is 0.0788. The third kappa shape index (κ3) is 5.14. The molecule has 0 heterocycles. The molecule has 0 saturated carbocycles. The molecule has 0 aromatic carbocycles. The van der Waals surface area contributed by atoms with Gasteiger partial charge in [-0.2, -0.15) is 9.98 Å². The van der Waals surface area contributed by atoms with Gasteiger partial charge >= 0.3 is 6.30 Å². The lowest BCUT2D eigenvalue weighted by Gasteiger charge is -2.15. The van der Waals surface area contributed by atoms with E-state index in [4.69, 9.17) is 5.73 Å². The molecule has 0 aromatic heterocycles. The smallest absolute Gasteiger partial charge is 0.400 e. The van der Waals surface area contributed by atoms with E-state index in [1.807, 2.05) is 0 Å². The summed E-state index contributed by atoms with van der Waals surface area (Å²) in [5, 5.41) is 0. The lowest BCUT2D eigenvalue weighted by Crippen LogP contribution is -2.21. The predicted molar refractivity (Wildman–Crippen MR) is 62.5 cm³/mol. The number of rotatable bonds is 4. The van der Waals surface area contributed by atoms with E-state index in [1.165, 1.54) is 19.9 Å². The van der Waals surface area contributed by atoms with Crippen LogP contribution in [-0.2, 0) is 4.79 Å². The third-order valence-electron chi connectivity index (χ3n) is 2.09. The maximum atomic E-state index is 12.3. The van der Waals surface area contributed by atoms with Crippen LogP contribution in [0.25, 0.3) is 0 Å². The number of halogens is 3. The summed E-state index contributed by atoms with van der Waals surface area (Å²) in [5.41, 5.74) is 5.13. The van der Waals surface area contributed by atoms with Crippen LogP contribution in [0.2, 0.25) is 0 Å². The van der Waals surface area contributed by atoms with E-state index < -0.39 is 12.2 Å². The van der Waals surface area contributed by atoms with E-state index in [9.17, 15) is 18.0 Å². The minimum Gasteiger partial charge on any atom is -0.400 e. The largest absolute Gasteiger partial charge is 0.503 e. The molecule has 0 aliphatic heterocycles. The summed E-state index contributed by atoms with van der Waals surface area (Å²) in [6, 6.07) is 0. The van der Waals surface area contributed by atoms with Crippen LogP contribution < -0.4 is 5.73 Å². The summed E-state index contributed by atoms with van der Waals surface area (Å²) in [7, 11) is 0. The van der Waals surface area contributed by atoms with Crippen molar-refractivity contribution in [2.45, 2.75) is 34.0 Å². The quantitative estimate of drug-likeness (QED) is 0.481. The Hall–Kier alpha value is -1.62. The van der Waals surface area contributed by atoms with Gasteiger partial charge in [0, 0.05) is 5.70 Å². The van der Waals surface area contributed by atoms with Crippen molar-refractivity contribution in [1.29, 1.82) is 0 Å². The molecule has 0 atom stereocenters. The zero-order valence-electron chi connectivity index (χ0n) is 10.7. The fourth-order valence-corrected chi connectivity index (χ4v) is 1.18. The van der Waals surface area contributed by atoms with Gasteiger partial charge < -0.3 is 5.73 Å². The topological polar surface area (TPSA) is 67.8 Å². The van der Waals surface area contributed by atoms with Crippen LogP contribution in [0.15, 0.2) is 21.4 Å². The Morgan fingerprint density at radius 1 is 1.17 bits per heavy atom. The van der Waals surface area contributed by atoms with Crippen LogP contribution in [0.3, 0.4) is 0 Å². The summed E-state index contributed by atoms with van der Waals surface area (Å²) >= 11 is 0. The Morgan fingerprint density at radius 3 is 1.94 bits per heavy atom. The van der Waals surface area contributed by atoms with Gasteiger partial charge in [-0.25, -0.2) is 4.79 Å². The average Bonchev–Trinajstić information content (AvgIpc) is 2.20. The van der Waals surface area contributed by atoms with Gasteiger partial charge in [-0.1, -0.05) is 27.7 Å². The molecule has 0 amide bonds. The lowest BCUT2D eigenvalue weighted by molar-refractivity contribution is -0.119. The van der Waals surface area contributed by atoms with E-state index in [1.54, 1.807) is 13.8 Å². The molecular weight excluding hydrogens is 247 g/mol. The van der Waals surface area contributed by atoms with E-state index in [0.717, 1.165) is 0 Å².